The van der Waals surface area contributed by atoms with E-state index in [0.29, 0.717) is 29.4 Å². The number of halogens is 2. The van der Waals surface area contributed by atoms with Gasteiger partial charge in [-0.1, -0.05) is 13.8 Å². The minimum atomic E-state index is -0.573. The number of anilines is 1. The Labute approximate surface area is 168 Å². The predicted octanol–water partition coefficient (Wildman–Crippen LogP) is 4.12. The van der Waals surface area contributed by atoms with E-state index in [1.165, 1.54) is 6.20 Å². The summed E-state index contributed by atoms with van der Waals surface area (Å²) in [7, 11) is 0. The fourth-order valence-corrected chi connectivity index (χ4v) is 2.93. The fraction of sp³-hybridized carbons (Fsp3) is 0.381. The first-order chi connectivity index (χ1) is 13.8. The third kappa shape index (κ3) is 4.36. The third-order valence-electron chi connectivity index (χ3n) is 5.03. The van der Waals surface area contributed by atoms with Crippen molar-refractivity contribution >= 4 is 22.6 Å². The second-order valence-electron chi connectivity index (χ2n) is 7.34. The Kier molecular flexibility index (Phi) is 6.10. The normalized spacial score (nSPS) is 12.4. The van der Waals surface area contributed by atoms with Crippen LogP contribution in [0.15, 0.2) is 30.6 Å². The second kappa shape index (κ2) is 8.55. The van der Waals surface area contributed by atoms with Crippen LogP contribution in [-0.2, 0) is 13.1 Å². The number of hydrogen-bond acceptors (Lipinski definition) is 4. The number of rotatable bonds is 7. The molecule has 2 heterocycles. The first-order valence-electron chi connectivity index (χ1n) is 9.65. The van der Waals surface area contributed by atoms with Crippen LogP contribution in [0.2, 0.25) is 0 Å². The molecule has 6 nitrogen and oxygen atoms in total. The average molecular weight is 401 g/mol. The number of carbonyl (C=O) groups is 1. The molecular formula is C21H25F2N5O. The lowest BCUT2D eigenvalue weighted by Crippen LogP contribution is -2.27. The Morgan fingerprint density at radius 1 is 1.21 bits per heavy atom. The van der Waals surface area contributed by atoms with Gasteiger partial charge in [-0.25, -0.2) is 18.4 Å². The zero-order chi connectivity index (χ0) is 21.1. The maximum absolute atomic E-state index is 13.9. The molecule has 0 aliphatic heterocycles. The molecule has 0 saturated heterocycles. The molecule has 1 aromatic carbocycles. The van der Waals surface area contributed by atoms with Crippen LogP contribution in [0.4, 0.5) is 14.5 Å². The first-order valence-corrected chi connectivity index (χ1v) is 9.65. The van der Waals surface area contributed by atoms with Gasteiger partial charge in [0.15, 0.2) is 5.65 Å². The van der Waals surface area contributed by atoms with Gasteiger partial charge in [0.1, 0.15) is 11.6 Å². The fourth-order valence-electron chi connectivity index (χ4n) is 2.93. The lowest BCUT2D eigenvalue weighted by atomic mass is 10.0. The van der Waals surface area contributed by atoms with Gasteiger partial charge in [0.05, 0.1) is 22.8 Å². The Morgan fingerprint density at radius 3 is 2.66 bits per heavy atom. The van der Waals surface area contributed by atoms with E-state index in [-0.39, 0.29) is 18.2 Å². The molecular weight excluding hydrogens is 376 g/mol. The van der Waals surface area contributed by atoms with E-state index in [0.717, 1.165) is 23.6 Å². The van der Waals surface area contributed by atoms with Gasteiger partial charge in [0, 0.05) is 30.9 Å². The quantitative estimate of drug-likeness (QED) is 0.625. The highest BCUT2D eigenvalue weighted by atomic mass is 19.1. The monoisotopic (exact) mass is 401 g/mol. The highest BCUT2D eigenvalue weighted by Gasteiger charge is 2.20. The van der Waals surface area contributed by atoms with Gasteiger partial charge in [0.2, 0.25) is 0 Å². The lowest BCUT2D eigenvalue weighted by molar-refractivity contribution is 0.0951. The van der Waals surface area contributed by atoms with Crippen molar-refractivity contribution < 1.29 is 13.6 Å². The van der Waals surface area contributed by atoms with Gasteiger partial charge in [0.25, 0.3) is 5.91 Å². The molecule has 8 heteroatoms. The number of aryl methyl sites for hydroxylation is 1. The number of carbonyl (C=O) groups excluding carboxylic acids is 1. The summed E-state index contributed by atoms with van der Waals surface area (Å²) in [5, 5.41) is 11.1. The first kappa shape index (κ1) is 20.7. The van der Waals surface area contributed by atoms with E-state index in [1.54, 1.807) is 10.9 Å². The Morgan fingerprint density at radius 2 is 1.97 bits per heavy atom. The SMILES string of the molecule is CCn1ncc2c(N[C@@H](C)C(C)C)c(C(=O)NCc3cc(F)ccc3F)cnc21. The molecule has 3 aromatic rings. The zero-order valence-corrected chi connectivity index (χ0v) is 17.0. The number of nitrogens with zero attached hydrogens (tertiary/aromatic N) is 3. The standard InChI is InChI=1S/C21H25F2N5O/c1-5-28-20-16(11-26-28)19(27-13(4)12(2)3)17(10-24-20)21(29)25-9-14-8-15(22)6-7-18(14)23/h6-8,10-13H,5,9H2,1-4H3,(H,24,27)(H,25,29)/t13-/m0/s1. The summed E-state index contributed by atoms with van der Waals surface area (Å²) >= 11 is 0. The van der Waals surface area contributed by atoms with E-state index >= 15 is 0 Å². The molecule has 1 amide bonds. The van der Waals surface area contributed by atoms with Crippen LogP contribution >= 0.6 is 0 Å². The molecule has 0 spiro atoms. The summed E-state index contributed by atoms with van der Waals surface area (Å²) in [6.45, 7) is 8.68. The maximum atomic E-state index is 13.9. The number of fused-ring (bicyclic) bond motifs is 1. The summed E-state index contributed by atoms with van der Waals surface area (Å²) in [6.07, 6.45) is 3.17. The highest BCUT2D eigenvalue weighted by Crippen LogP contribution is 2.28. The number of nitrogens with one attached hydrogen (secondary N) is 2. The van der Waals surface area contributed by atoms with E-state index in [9.17, 15) is 13.6 Å². The smallest absolute Gasteiger partial charge is 0.255 e. The van der Waals surface area contributed by atoms with Crippen molar-refractivity contribution in [2.45, 2.75) is 46.8 Å². The van der Waals surface area contributed by atoms with Gasteiger partial charge < -0.3 is 10.6 Å². The van der Waals surface area contributed by atoms with Crippen molar-refractivity contribution in [1.82, 2.24) is 20.1 Å². The largest absolute Gasteiger partial charge is 0.381 e. The van der Waals surface area contributed by atoms with Crippen LogP contribution < -0.4 is 10.6 Å². The molecule has 29 heavy (non-hydrogen) atoms. The Bertz CT molecular complexity index is 1030. The summed E-state index contributed by atoms with van der Waals surface area (Å²) in [5.74, 6) is -1.22. The van der Waals surface area contributed by atoms with Crippen LogP contribution in [0.1, 0.15) is 43.6 Å². The van der Waals surface area contributed by atoms with E-state index in [4.69, 9.17) is 0 Å². The molecule has 0 radical (unpaired) electrons. The van der Waals surface area contributed by atoms with Crippen molar-refractivity contribution in [2.75, 3.05) is 5.32 Å². The van der Waals surface area contributed by atoms with E-state index < -0.39 is 17.5 Å². The molecule has 0 aliphatic rings. The molecule has 0 saturated carbocycles. The topological polar surface area (TPSA) is 71.8 Å². The molecule has 3 rings (SSSR count). The van der Waals surface area contributed by atoms with Gasteiger partial charge in [-0.05, 0) is 38.0 Å². The number of hydrogen-bond donors (Lipinski definition) is 2. The molecule has 0 aliphatic carbocycles. The highest BCUT2D eigenvalue weighted by molar-refractivity contribution is 6.06. The summed E-state index contributed by atoms with van der Waals surface area (Å²) < 4.78 is 29.0. The van der Waals surface area contributed by atoms with E-state index in [1.807, 2.05) is 13.8 Å². The van der Waals surface area contributed by atoms with Gasteiger partial charge in [-0.15, -0.1) is 0 Å². The van der Waals surface area contributed by atoms with Crippen LogP contribution in [0.3, 0.4) is 0 Å². The van der Waals surface area contributed by atoms with Crippen LogP contribution in [-0.4, -0.2) is 26.7 Å². The summed E-state index contributed by atoms with van der Waals surface area (Å²) in [6, 6.07) is 3.25. The summed E-state index contributed by atoms with van der Waals surface area (Å²) in [4.78, 5) is 17.3. The predicted molar refractivity (Wildman–Crippen MR) is 109 cm³/mol. The van der Waals surface area contributed by atoms with E-state index in [2.05, 4.69) is 34.6 Å². The van der Waals surface area contributed by atoms with Gasteiger partial charge >= 0.3 is 0 Å². The third-order valence-corrected chi connectivity index (χ3v) is 5.03. The van der Waals surface area contributed by atoms with Gasteiger partial charge in [-0.3, -0.25) is 4.79 Å². The zero-order valence-electron chi connectivity index (χ0n) is 17.0. The molecule has 2 aromatic heterocycles. The molecule has 0 fully saturated rings. The molecule has 0 bridgehead atoms. The minimum Gasteiger partial charge on any atom is -0.381 e. The molecule has 2 N–H and O–H groups in total. The Balaban J connectivity index is 1.94. The van der Waals surface area contributed by atoms with Crippen LogP contribution in [0.5, 0.6) is 0 Å². The van der Waals surface area contributed by atoms with Crippen molar-refractivity contribution in [1.29, 1.82) is 0 Å². The molecule has 0 unspecified atom stereocenters. The minimum absolute atomic E-state index is 0.0799. The second-order valence-corrected chi connectivity index (χ2v) is 7.34. The van der Waals surface area contributed by atoms with Crippen molar-refractivity contribution in [3.8, 4) is 0 Å². The van der Waals surface area contributed by atoms with Gasteiger partial charge in [-0.2, -0.15) is 5.10 Å². The number of pyridine rings is 1. The van der Waals surface area contributed by atoms with Crippen LogP contribution in [0.25, 0.3) is 11.0 Å². The number of benzene rings is 1. The molecule has 1 atom stereocenters. The van der Waals surface area contributed by atoms with Crippen LogP contribution in [0, 0.1) is 17.6 Å². The lowest BCUT2D eigenvalue weighted by Gasteiger charge is -2.21. The maximum Gasteiger partial charge on any atom is 0.255 e. The molecule has 154 valence electrons. The Hall–Kier alpha value is -3.03. The van der Waals surface area contributed by atoms with Crippen molar-refractivity contribution in [2.24, 2.45) is 5.92 Å². The van der Waals surface area contributed by atoms with Crippen molar-refractivity contribution in [3.05, 3.63) is 53.4 Å². The number of aromatic nitrogens is 3. The summed E-state index contributed by atoms with van der Waals surface area (Å²) in [5.41, 5.74) is 1.72. The average Bonchev–Trinajstić information content (AvgIpc) is 3.12. The van der Waals surface area contributed by atoms with Crippen molar-refractivity contribution in [3.63, 3.8) is 0 Å². The number of amides is 1.